The molecule has 0 fully saturated rings. The summed E-state index contributed by atoms with van der Waals surface area (Å²) in [4.78, 5) is 8.59. The average Bonchev–Trinajstić information content (AvgIpc) is 3.65. The quantitative estimate of drug-likeness (QED) is 0.162. The van der Waals surface area contributed by atoms with Crippen molar-refractivity contribution in [2.24, 2.45) is 5.41 Å². The number of para-hydroxylation sites is 1. The molecule has 0 N–H and O–H groups in total. The fourth-order valence-corrected chi connectivity index (χ4v) is 5.28. The van der Waals surface area contributed by atoms with E-state index in [-0.39, 0.29) is 83.2 Å². The van der Waals surface area contributed by atoms with Gasteiger partial charge < -0.3 is 14.4 Å². The number of rotatable bonds is 5. The molecule has 0 bridgehead atoms. The Balaban J connectivity index is 0.000000223. The zero-order valence-corrected chi connectivity index (χ0v) is 30.1. The molecule has 5 aromatic carbocycles. The van der Waals surface area contributed by atoms with Crippen molar-refractivity contribution in [2.45, 2.75) is 40.8 Å². The summed E-state index contributed by atoms with van der Waals surface area (Å²) in [5.74, 6) is 0. The number of aromatic nitrogens is 2. The molecule has 3 heterocycles. The average molecular weight is 858 g/mol. The Hall–Kier alpha value is -5.15. The molecule has 0 saturated heterocycles. The number of nitrogens with zero attached hydrogens (tertiary/aromatic N) is 2. The second-order valence-electron chi connectivity index (χ2n) is 12.4. The molecule has 0 amide bonds. The first-order valence-corrected chi connectivity index (χ1v) is 15.7. The fourth-order valence-electron chi connectivity index (χ4n) is 5.28. The van der Waals surface area contributed by atoms with Crippen LogP contribution in [0.25, 0.3) is 66.7 Å². The Morgan fingerprint density at radius 3 is 2.35 bits per heavy atom. The van der Waals surface area contributed by atoms with Crippen LogP contribution in [0.3, 0.4) is 0 Å². The van der Waals surface area contributed by atoms with Crippen molar-refractivity contribution in [1.82, 2.24) is 9.97 Å². The van der Waals surface area contributed by atoms with Crippen LogP contribution in [0.1, 0.15) is 60.8 Å². The maximum Gasteiger partial charge on any atom is 0.120 e. The summed E-state index contributed by atoms with van der Waals surface area (Å²) in [6, 6.07) is 21.9. The molecule has 0 unspecified atom stereocenters. The van der Waals surface area contributed by atoms with Crippen LogP contribution in [0.4, 0.5) is 0 Å². The summed E-state index contributed by atoms with van der Waals surface area (Å²) in [6.45, 7) is 0.0661. The van der Waals surface area contributed by atoms with Gasteiger partial charge in [-0.1, -0.05) is 135 Å². The number of hydrogen-bond donors (Lipinski definition) is 0. The van der Waals surface area contributed by atoms with E-state index in [2.05, 4.69) is 22.1 Å². The van der Waals surface area contributed by atoms with Gasteiger partial charge >= 0.3 is 0 Å². The first kappa shape index (κ1) is 20.0. The van der Waals surface area contributed by atoms with E-state index < -0.39 is 55.7 Å². The van der Waals surface area contributed by atoms with Gasteiger partial charge in [0.1, 0.15) is 5.58 Å². The summed E-state index contributed by atoms with van der Waals surface area (Å²) in [6.07, 6.45) is 0.660. The van der Waals surface area contributed by atoms with E-state index >= 15 is 0 Å². The third-order valence-electron chi connectivity index (χ3n) is 7.53. The molecule has 4 heteroatoms. The Morgan fingerprint density at radius 2 is 1.61 bits per heavy atom. The van der Waals surface area contributed by atoms with Crippen molar-refractivity contribution in [2.75, 3.05) is 0 Å². The predicted octanol–water partition coefficient (Wildman–Crippen LogP) is 12.5. The van der Waals surface area contributed by atoms with Crippen LogP contribution in [-0.2, 0) is 26.5 Å². The van der Waals surface area contributed by atoms with Crippen LogP contribution in [0.2, 0.25) is 0 Å². The predicted molar refractivity (Wildman–Crippen MR) is 208 cm³/mol. The zero-order valence-electron chi connectivity index (χ0n) is 44.7. The van der Waals surface area contributed by atoms with E-state index in [0.717, 1.165) is 16.4 Å². The Labute approximate surface area is 338 Å². The molecule has 0 aliphatic carbocycles. The fraction of sp³-hybridized carbons (Fsp3) is 0.149. The summed E-state index contributed by atoms with van der Waals surface area (Å²) in [7, 11) is 0. The number of hydrogen-bond acceptors (Lipinski definition) is 3. The number of fused-ring (bicyclic) bond motifs is 3. The van der Waals surface area contributed by atoms with E-state index in [0.29, 0.717) is 28.1 Å². The molecule has 0 aliphatic heterocycles. The molecule has 8 aromatic rings. The maximum absolute atomic E-state index is 8.67. The maximum atomic E-state index is 8.67. The van der Waals surface area contributed by atoms with E-state index in [4.69, 9.17) is 27.7 Å². The van der Waals surface area contributed by atoms with Gasteiger partial charge in [0.15, 0.2) is 0 Å². The largest absolute Gasteiger partial charge is 0.501 e. The summed E-state index contributed by atoms with van der Waals surface area (Å²) in [5, 5.41) is 1.90. The first-order chi connectivity index (χ1) is 31.2. The molecule has 8 rings (SSSR count). The van der Waals surface area contributed by atoms with Gasteiger partial charge in [-0.05, 0) is 70.0 Å². The Kier molecular flexibility index (Phi) is 6.05. The molecule has 0 atom stereocenters. The molecule has 255 valence electrons. The van der Waals surface area contributed by atoms with Gasteiger partial charge in [-0.3, -0.25) is 0 Å². The van der Waals surface area contributed by atoms with Crippen LogP contribution in [0.5, 0.6) is 0 Å². The first-order valence-electron chi connectivity index (χ1n) is 24.2. The Bertz CT molecular complexity index is 3170. The van der Waals surface area contributed by atoms with Crippen LogP contribution in [-0.4, -0.2) is 9.97 Å². The molecular weight excluding hydrogens is 801 g/mol. The van der Waals surface area contributed by atoms with Gasteiger partial charge in [0, 0.05) is 48.9 Å². The van der Waals surface area contributed by atoms with Gasteiger partial charge in [0.25, 0.3) is 0 Å². The van der Waals surface area contributed by atoms with E-state index in [1.165, 1.54) is 30.5 Å². The number of pyridine rings is 2. The van der Waals surface area contributed by atoms with Crippen molar-refractivity contribution in [3.8, 4) is 44.8 Å². The smallest absolute Gasteiger partial charge is 0.120 e. The normalized spacial score (nSPS) is 16.7. The molecule has 3 aromatic heterocycles. The van der Waals surface area contributed by atoms with Crippen molar-refractivity contribution in [3.05, 3.63) is 168 Å². The SMILES string of the molecule is [2H]c1c([2H])c(C([2H])([2H])C(C)(C)C)c([2H])c([2H])c1-c1ccnc(-c2[c-]ccc3c2oc2ccccc23)c1.[2H]c1c([2H])c([2H])c(-c2cc(-c3ccc(C([2H])([2H])[2H])cn3)[c-]cc2C([2H])([2H])[2H])c([2H])c1[2H].[Ir]. The van der Waals surface area contributed by atoms with E-state index in [1.807, 2.05) is 30.3 Å². The van der Waals surface area contributed by atoms with Gasteiger partial charge in [0.2, 0.25) is 0 Å². The topological polar surface area (TPSA) is 38.9 Å². The van der Waals surface area contributed by atoms with Crippen molar-refractivity contribution in [1.29, 1.82) is 0 Å². The second kappa shape index (κ2) is 15.4. The molecule has 0 aliphatic rings. The molecular formula is C47H40IrN2O-2. The van der Waals surface area contributed by atoms with Crippen LogP contribution < -0.4 is 0 Å². The Morgan fingerprint density at radius 1 is 0.784 bits per heavy atom. The summed E-state index contributed by atoms with van der Waals surface area (Å²) in [5.41, 5.74) is 1.96. The third-order valence-corrected chi connectivity index (χ3v) is 7.53. The molecule has 0 spiro atoms. The zero-order chi connectivity index (χ0) is 49.3. The minimum Gasteiger partial charge on any atom is -0.501 e. The molecule has 0 saturated carbocycles. The molecule has 3 nitrogen and oxygen atoms in total. The number of aryl methyl sites for hydroxylation is 2. The van der Waals surface area contributed by atoms with Crippen molar-refractivity contribution < 1.29 is 47.8 Å². The van der Waals surface area contributed by atoms with E-state index in [1.54, 1.807) is 45.2 Å². The van der Waals surface area contributed by atoms with Crippen LogP contribution in [0.15, 0.2) is 144 Å². The van der Waals surface area contributed by atoms with Crippen molar-refractivity contribution >= 4 is 21.9 Å². The number of furan rings is 1. The minimum atomic E-state index is -2.63. The third kappa shape index (κ3) is 8.26. The van der Waals surface area contributed by atoms with Gasteiger partial charge in [-0.15, -0.1) is 47.5 Å². The number of benzene rings is 5. The second-order valence-corrected chi connectivity index (χ2v) is 12.4. The molecule has 1 radical (unpaired) electrons. The summed E-state index contributed by atoms with van der Waals surface area (Å²) < 4.78 is 143. The van der Waals surface area contributed by atoms with E-state index in [9.17, 15) is 0 Å². The van der Waals surface area contributed by atoms with Crippen LogP contribution >= 0.6 is 0 Å². The standard InChI is InChI=1S/C28H24NO.C19H16N.Ir/c1-28(2,3)18-19-11-13-20(14-12-19)21-15-16-29-25(17-21)24-9-6-8-23-22-7-4-5-10-26(22)30-27(23)24;1-14-8-11-19(20-13-14)17-10-9-15(2)18(12-17)16-6-4-3-5-7-16;/h4-8,10-17H,18H2,1-3H3;3-9,11-13H,1-2H3;/q2*-1;/i11D,12D,13D,14D,18D2;1D3,2D3,3D,4D,5D,6D,7D;. The van der Waals surface area contributed by atoms with Crippen LogP contribution in [0, 0.1) is 31.3 Å². The van der Waals surface area contributed by atoms with Gasteiger partial charge in [0.05, 0.1) is 17.9 Å². The molecule has 51 heavy (non-hydrogen) atoms. The minimum absolute atomic E-state index is 0. The monoisotopic (exact) mass is 858 g/mol. The van der Waals surface area contributed by atoms with Gasteiger partial charge in [-0.25, -0.2) is 0 Å². The van der Waals surface area contributed by atoms with Crippen molar-refractivity contribution in [3.63, 3.8) is 0 Å². The summed E-state index contributed by atoms with van der Waals surface area (Å²) >= 11 is 0. The van der Waals surface area contributed by atoms with Gasteiger partial charge in [-0.2, -0.15) is 0 Å².